The van der Waals surface area contributed by atoms with Gasteiger partial charge in [0.1, 0.15) is 5.38 Å². The molecule has 4 unspecified atom stereocenters. The molecule has 0 aromatic carbocycles. The Bertz CT molecular complexity index is 190. The van der Waals surface area contributed by atoms with Crippen molar-refractivity contribution in [3.8, 4) is 0 Å². The predicted octanol–water partition coefficient (Wildman–Crippen LogP) is -0.622. The van der Waals surface area contributed by atoms with E-state index < -0.39 is 28.4 Å². The average molecular weight is 195 g/mol. The van der Waals surface area contributed by atoms with Crippen LogP contribution in [0.3, 0.4) is 0 Å². The number of hydrogen-bond acceptors (Lipinski definition) is 5. The van der Waals surface area contributed by atoms with E-state index in [1.807, 2.05) is 0 Å². The van der Waals surface area contributed by atoms with E-state index in [0.717, 1.165) is 0 Å². The maximum Gasteiger partial charge on any atom is 0.247 e. The van der Waals surface area contributed by atoms with Crippen LogP contribution in [0.15, 0.2) is 0 Å². The van der Waals surface area contributed by atoms with E-state index in [-0.39, 0.29) is 0 Å². The number of nitrogens with zero attached hydrogens (tertiary/aromatic N) is 2. The van der Waals surface area contributed by atoms with Crippen LogP contribution in [-0.4, -0.2) is 40.5 Å². The van der Waals surface area contributed by atoms with Crippen LogP contribution in [-0.2, 0) is 0 Å². The van der Waals surface area contributed by atoms with Gasteiger partial charge in [0.2, 0.25) is 6.04 Å². The number of rotatable bonds is 2. The molecule has 0 radical (unpaired) electrons. The second-order valence-corrected chi connectivity index (χ2v) is 3.34. The van der Waals surface area contributed by atoms with E-state index in [1.165, 1.54) is 7.05 Å². The molecule has 0 aliphatic heterocycles. The molecule has 1 saturated carbocycles. The molecule has 0 heterocycles. The largest absolute Gasteiger partial charge is 0.785 e. The van der Waals surface area contributed by atoms with Gasteiger partial charge in [-0.15, -0.1) is 11.6 Å². The van der Waals surface area contributed by atoms with Gasteiger partial charge in [0.15, 0.2) is 0 Å². The molecule has 0 spiro atoms. The van der Waals surface area contributed by atoms with Crippen LogP contribution in [0.1, 0.15) is 0 Å². The molecule has 7 heteroatoms. The maximum absolute atomic E-state index is 10.7. The first kappa shape index (κ1) is 9.66. The Morgan fingerprint density at radius 1 is 1.67 bits per heavy atom. The average Bonchev–Trinajstić information content (AvgIpc) is 1.84. The number of nitrogens with two attached hydrogens (primary N) is 1. The third-order valence-electron chi connectivity index (χ3n) is 2.10. The normalized spacial score (nSPS) is 41.1. The standard InChI is InChI=1S/C5H9ClN3O3/c1-8(10)4-2(6)5(3(4)7)9(11)12/h2-5H,7H2,1H3/q-1. The lowest BCUT2D eigenvalue weighted by Crippen LogP contribution is -2.72. The van der Waals surface area contributed by atoms with Crippen molar-refractivity contribution in [3.63, 3.8) is 0 Å². The lowest BCUT2D eigenvalue weighted by Gasteiger charge is -2.48. The van der Waals surface area contributed by atoms with Crippen LogP contribution in [0.2, 0.25) is 0 Å². The molecule has 1 aliphatic rings. The minimum absolute atomic E-state index is 0.539. The molecule has 0 bridgehead atoms. The number of nitro groups is 1. The highest BCUT2D eigenvalue weighted by Crippen LogP contribution is 2.30. The molecule has 1 rings (SSSR count). The van der Waals surface area contributed by atoms with Crippen LogP contribution in [0.4, 0.5) is 0 Å². The van der Waals surface area contributed by atoms with Crippen molar-refractivity contribution in [1.82, 2.24) is 5.06 Å². The molecule has 0 saturated heterocycles. The fourth-order valence-corrected chi connectivity index (χ4v) is 1.97. The van der Waals surface area contributed by atoms with Gasteiger partial charge in [0.05, 0.1) is 6.04 Å². The summed E-state index contributed by atoms with van der Waals surface area (Å²) in [4.78, 5) is 9.75. The highest BCUT2D eigenvalue weighted by molar-refractivity contribution is 6.22. The molecular weight excluding hydrogens is 186 g/mol. The molecule has 6 nitrogen and oxygen atoms in total. The minimum atomic E-state index is -0.993. The molecule has 1 fully saturated rings. The molecule has 4 atom stereocenters. The van der Waals surface area contributed by atoms with Crippen LogP contribution in [0, 0.1) is 15.3 Å². The summed E-state index contributed by atoms with van der Waals surface area (Å²) in [6, 6.07) is -2.39. The van der Waals surface area contributed by atoms with Crippen LogP contribution in [0.25, 0.3) is 0 Å². The molecule has 0 aromatic heterocycles. The van der Waals surface area contributed by atoms with Gasteiger partial charge in [0.25, 0.3) is 0 Å². The van der Waals surface area contributed by atoms with E-state index in [4.69, 9.17) is 17.3 Å². The van der Waals surface area contributed by atoms with Crippen LogP contribution < -0.4 is 5.73 Å². The quantitative estimate of drug-likeness (QED) is 0.359. The molecule has 2 N–H and O–H groups in total. The zero-order valence-electron chi connectivity index (χ0n) is 6.38. The number of halogens is 1. The Morgan fingerprint density at radius 2 is 2.17 bits per heavy atom. The fourth-order valence-electron chi connectivity index (χ4n) is 1.38. The van der Waals surface area contributed by atoms with E-state index in [2.05, 4.69) is 0 Å². The first-order chi connectivity index (χ1) is 5.46. The van der Waals surface area contributed by atoms with Crippen molar-refractivity contribution in [1.29, 1.82) is 0 Å². The lowest BCUT2D eigenvalue weighted by molar-refractivity contribution is -0.540. The third-order valence-corrected chi connectivity index (χ3v) is 2.62. The van der Waals surface area contributed by atoms with Crippen molar-refractivity contribution >= 4 is 11.6 Å². The van der Waals surface area contributed by atoms with E-state index >= 15 is 0 Å². The van der Waals surface area contributed by atoms with Crippen molar-refractivity contribution < 1.29 is 4.92 Å². The highest BCUT2D eigenvalue weighted by Gasteiger charge is 2.55. The molecule has 12 heavy (non-hydrogen) atoms. The van der Waals surface area contributed by atoms with E-state index in [9.17, 15) is 15.3 Å². The van der Waals surface area contributed by atoms with Gasteiger partial charge < -0.3 is 16.0 Å². The second kappa shape index (κ2) is 3.14. The summed E-state index contributed by atoms with van der Waals surface area (Å²) < 4.78 is 0. The Balaban J connectivity index is 2.62. The van der Waals surface area contributed by atoms with Gasteiger partial charge in [-0.1, -0.05) is 0 Å². The fraction of sp³-hybridized carbons (Fsp3) is 1.00. The summed E-state index contributed by atoms with van der Waals surface area (Å²) >= 11 is 5.60. The minimum Gasteiger partial charge on any atom is -0.785 e. The topological polar surface area (TPSA) is 95.5 Å². The molecule has 1 aliphatic carbocycles. The van der Waals surface area contributed by atoms with Gasteiger partial charge >= 0.3 is 0 Å². The van der Waals surface area contributed by atoms with E-state index in [0.29, 0.717) is 5.06 Å². The Morgan fingerprint density at radius 3 is 2.42 bits per heavy atom. The Kier molecular flexibility index (Phi) is 2.52. The lowest BCUT2D eigenvalue weighted by atomic mass is 9.81. The monoisotopic (exact) mass is 194 g/mol. The number of alkyl halides is 1. The van der Waals surface area contributed by atoms with E-state index in [1.54, 1.807) is 0 Å². The second-order valence-electron chi connectivity index (χ2n) is 2.83. The van der Waals surface area contributed by atoms with Crippen molar-refractivity contribution in [3.05, 3.63) is 15.3 Å². The predicted molar refractivity (Wildman–Crippen MR) is 43.3 cm³/mol. The van der Waals surface area contributed by atoms with Crippen molar-refractivity contribution in [2.45, 2.75) is 23.5 Å². The summed E-state index contributed by atoms with van der Waals surface area (Å²) in [6.07, 6.45) is 0. The first-order valence-electron chi connectivity index (χ1n) is 3.40. The van der Waals surface area contributed by atoms with Gasteiger partial charge in [-0.3, -0.25) is 10.1 Å². The maximum atomic E-state index is 10.7. The van der Waals surface area contributed by atoms with Crippen molar-refractivity contribution in [2.75, 3.05) is 7.05 Å². The zero-order chi connectivity index (χ0) is 9.46. The number of hydroxylamine groups is 2. The zero-order valence-corrected chi connectivity index (χ0v) is 7.14. The molecular formula is C5H9ClN3O3-. The highest BCUT2D eigenvalue weighted by atomic mass is 35.5. The van der Waals surface area contributed by atoms with Gasteiger partial charge in [-0.05, 0) is 7.05 Å². The summed E-state index contributed by atoms with van der Waals surface area (Å²) in [7, 11) is 1.26. The summed E-state index contributed by atoms with van der Waals surface area (Å²) in [5, 5.41) is 20.8. The molecule has 0 amide bonds. The summed E-state index contributed by atoms with van der Waals surface area (Å²) in [6.45, 7) is 0. The smallest absolute Gasteiger partial charge is 0.247 e. The first-order valence-corrected chi connectivity index (χ1v) is 3.83. The molecule has 0 aromatic rings. The SMILES string of the molecule is CN([O-])C1C(N)C([N+](=O)[O-])C1Cl. The summed E-state index contributed by atoms with van der Waals surface area (Å²) in [5.41, 5.74) is 5.39. The third kappa shape index (κ3) is 1.27. The number of likely N-dealkylation sites (N-methyl/N-ethyl adjacent to an activating group) is 1. The Labute approximate surface area is 74.0 Å². The Hall–Kier alpha value is -0.430. The van der Waals surface area contributed by atoms with Crippen LogP contribution >= 0.6 is 11.6 Å². The molecule has 70 valence electrons. The van der Waals surface area contributed by atoms with Gasteiger partial charge in [0, 0.05) is 11.0 Å². The van der Waals surface area contributed by atoms with Crippen LogP contribution in [0.5, 0.6) is 0 Å². The summed E-state index contributed by atoms with van der Waals surface area (Å²) in [5.74, 6) is 0. The van der Waals surface area contributed by atoms with Crippen molar-refractivity contribution in [2.24, 2.45) is 5.73 Å². The van der Waals surface area contributed by atoms with Gasteiger partial charge in [-0.25, -0.2) is 0 Å². The van der Waals surface area contributed by atoms with Gasteiger partial charge in [-0.2, -0.15) is 0 Å². The number of hydrogen-bond donors (Lipinski definition) is 1.